The molecule has 2 aliphatic carbocycles. The summed E-state index contributed by atoms with van der Waals surface area (Å²) in [6, 6.07) is 16.3. The van der Waals surface area contributed by atoms with E-state index in [0.29, 0.717) is 0 Å². The number of hydrogen-bond acceptors (Lipinski definition) is 3. The predicted octanol–water partition coefficient (Wildman–Crippen LogP) is 6.13. The van der Waals surface area contributed by atoms with Gasteiger partial charge in [-0.3, -0.25) is 4.99 Å². The van der Waals surface area contributed by atoms with Gasteiger partial charge < -0.3 is 10.2 Å². The molecule has 2 aromatic rings. The monoisotopic (exact) mass is 413 g/mol. The van der Waals surface area contributed by atoms with E-state index in [1.165, 1.54) is 0 Å². The van der Waals surface area contributed by atoms with Crippen molar-refractivity contribution < 1.29 is 10.2 Å². The van der Waals surface area contributed by atoms with Gasteiger partial charge in [0.25, 0.3) is 0 Å². The van der Waals surface area contributed by atoms with E-state index in [1.54, 1.807) is 12.4 Å². The van der Waals surface area contributed by atoms with Crippen LogP contribution >= 0.6 is 0 Å². The van der Waals surface area contributed by atoms with Crippen LogP contribution in [0.1, 0.15) is 67.7 Å². The van der Waals surface area contributed by atoms with Gasteiger partial charge in [-0.05, 0) is 85.4 Å². The molecule has 0 amide bonds. The second kappa shape index (κ2) is 9.17. The molecule has 2 N–H and O–H groups in total. The molecular weight excluding hydrogens is 382 g/mol. The lowest BCUT2D eigenvalue weighted by molar-refractivity contribution is -0.0391. The van der Waals surface area contributed by atoms with Crippen molar-refractivity contribution in [3.05, 3.63) is 95.2 Å². The van der Waals surface area contributed by atoms with Gasteiger partial charge in [0.05, 0.1) is 11.2 Å². The third-order valence-electron chi connectivity index (χ3n) is 6.68. The van der Waals surface area contributed by atoms with E-state index in [-0.39, 0.29) is 0 Å². The Hall–Kier alpha value is -2.75. The first kappa shape index (κ1) is 21.5. The van der Waals surface area contributed by atoms with Crippen molar-refractivity contribution in [2.24, 2.45) is 4.99 Å². The van der Waals surface area contributed by atoms with Crippen molar-refractivity contribution in [3.63, 3.8) is 0 Å². The van der Waals surface area contributed by atoms with Crippen molar-refractivity contribution >= 4 is 17.9 Å². The average Bonchev–Trinajstić information content (AvgIpc) is 2.76. The zero-order chi connectivity index (χ0) is 21.7. The van der Waals surface area contributed by atoms with Gasteiger partial charge in [-0.15, -0.1) is 0 Å². The van der Waals surface area contributed by atoms with E-state index in [0.717, 1.165) is 66.4 Å². The van der Waals surface area contributed by atoms with Crippen LogP contribution in [0, 0.1) is 0 Å². The fourth-order valence-corrected chi connectivity index (χ4v) is 4.21. The van der Waals surface area contributed by atoms with Gasteiger partial charge >= 0.3 is 0 Å². The van der Waals surface area contributed by atoms with Gasteiger partial charge in [0.1, 0.15) is 0 Å². The second-order valence-corrected chi connectivity index (χ2v) is 8.69. The zero-order valence-corrected chi connectivity index (χ0v) is 18.2. The Kier molecular flexibility index (Phi) is 6.35. The number of allylic oxidation sites excluding steroid dienone is 4. The molecular formula is C28H31NO2. The van der Waals surface area contributed by atoms with Crippen LogP contribution in [0.25, 0.3) is 11.6 Å². The highest BCUT2D eigenvalue weighted by molar-refractivity contribution is 5.81. The van der Waals surface area contributed by atoms with Gasteiger partial charge in [-0.1, -0.05) is 60.7 Å². The van der Waals surface area contributed by atoms with E-state index in [9.17, 15) is 10.2 Å². The van der Waals surface area contributed by atoms with Gasteiger partial charge in [0, 0.05) is 12.4 Å². The molecule has 2 aromatic carbocycles. The van der Waals surface area contributed by atoms with Crippen LogP contribution in [-0.2, 0) is 11.2 Å². The topological polar surface area (TPSA) is 52.8 Å². The summed E-state index contributed by atoms with van der Waals surface area (Å²) in [6.45, 7) is 2.02. The normalized spacial score (nSPS) is 20.3. The van der Waals surface area contributed by atoms with E-state index in [4.69, 9.17) is 0 Å². The van der Waals surface area contributed by atoms with Gasteiger partial charge in [-0.2, -0.15) is 0 Å². The van der Waals surface area contributed by atoms with Gasteiger partial charge in [-0.25, -0.2) is 0 Å². The van der Waals surface area contributed by atoms with Crippen molar-refractivity contribution in [3.8, 4) is 0 Å². The zero-order valence-electron chi connectivity index (χ0n) is 18.2. The molecule has 0 radical (unpaired) electrons. The number of aliphatic hydroxyl groups is 2. The SMILES string of the molecule is C\C=C(/C=C\C=N\C=C\c1ccc(C2(O)CCC2)cc1)c1ccc(C2(O)CCC2)cc1. The Morgan fingerprint density at radius 1 is 0.839 bits per heavy atom. The largest absolute Gasteiger partial charge is 0.385 e. The summed E-state index contributed by atoms with van der Waals surface area (Å²) in [5.74, 6) is 0. The molecule has 0 aromatic heterocycles. The molecule has 31 heavy (non-hydrogen) atoms. The standard InChI is InChI=1S/C28H31NO2/c1-2-23(24-9-13-26(14-10-24)28(31)18-5-19-28)6-3-20-29-21-15-22-7-11-25(12-8-22)27(30)16-4-17-27/h2-3,6-15,20-21,30-31H,4-5,16-19H2,1H3/b6-3-,21-15+,23-2+,29-20+. The van der Waals surface area contributed by atoms with E-state index in [2.05, 4.69) is 23.2 Å². The molecule has 160 valence electrons. The smallest absolute Gasteiger partial charge is 0.0896 e. The lowest BCUT2D eigenvalue weighted by atomic mass is 9.75. The molecule has 4 rings (SSSR count). The van der Waals surface area contributed by atoms with E-state index >= 15 is 0 Å². The number of aliphatic imine (C=N–C) groups is 1. The highest BCUT2D eigenvalue weighted by Gasteiger charge is 2.36. The molecule has 3 heteroatoms. The molecule has 0 saturated heterocycles. The summed E-state index contributed by atoms with van der Waals surface area (Å²) < 4.78 is 0. The molecule has 0 spiro atoms. The number of rotatable bonds is 7. The first-order valence-corrected chi connectivity index (χ1v) is 11.2. The van der Waals surface area contributed by atoms with Crippen molar-refractivity contribution in [1.82, 2.24) is 0 Å². The summed E-state index contributed by atoms with van der Waals surface area (Å²) in [6.07, 6.45) is 17.2. The average molecular weight is 414 g/mol. The summed E-state index contributed by atoms with van der Waals surface area (Å²) in [7, 11) is 0. The molecule has 0 unspecified atom stereocenters. The first-order valence-electron chi connectivity index (χ1n) is 11.2. The van der Waals surface area contributed by atoms with Crippen LogP contribution in [0.4, 0.5) is 0 Å². The van der Waals surface area contributed by atoms with Crippen LogP contribution in [-0.4, -0.2) is 16.4 Å². The maximum atomic E-state index is 10.5. The molecule has 2 aliphatic rings. The third-order valence-corrected chi connectivity index (χ3v) is 6.68. The van der Waals surface area contributed by atoms with Crippen LogP contribution < -0.4 is 0 Å². The molecule has 0 heterocycles. The summed E-state index contributed by atoms with van der Waals surface area (Å²) >= 11 is 0. The Labute approximate surface area is 185 Å². The molecule has 2 saturated carbocycles. The Morgan fingerprint density at radius 2 is 1.39 bits per heavy atom. The van der Waals surface area contributed by atoms with Gasteiger partial charge in [0.15, 0.2) is 0 Å². The van der Waals surface area contributed by atoms with Crippen LogP contribution in [0.15, 0.2) is 78.0 Å². The predicted molar refractivity (Wildman–Crippen MR) is 129 cm³/mol. The second-order valence-electron chi connectivity index (χ2n) is 8.69. The molecule has 0 atom stereocenters. The first-order chi connectivity index (χ1) is 15.0. The van der Waals surface area contributed by atoms with E-state index in [1.807, 2.05) is 61.5 Å². The quantitative estimate of drug-likeness (QED) is 0.424. The maximum Gasteiger partial charge on any atom is 0.0896 e. The fraction of sp³-hybridized carbons (Fsp3) is 0.321. The van der Waals surface area contributed by atoms with Crippen LogP contribution in [0.5, 0.6) is 0 Å². The van der Waals surface area contributed by atoms with Crippen molar-refractivity contribution in [2.75, 3.05) is 0 Å². The Morgan fingerprint density at radius 3 is 1.87 bits per heavy atom. The van der Waals surface area contributed by atoms with Crippen molar-refractivity contribution in [2.45, 2.75) is 56.7 Å². The highest BCUT2D eigenvalue weighted by Crippen LogP contribution is 2.41. The van der Waals surface area contributed by atoms with Crippen LogP contribution in [0.2, 0.25) is 0 Å². The van der Waals surface area contributed by atoms with Crippen molar-refractivity contribution in [1.29, 1.82) is 0 Å². The summed E-state index contributed by atoms with van der Waals surface area (Å²) in [5, 5.41) is 20.9. The van der Waals surface area contributed by atoms with Crippen LogP contribution in [0.3, 0.4) is 0 Å². The number of benzene rings is 2. The minimum Gasteiger partial charge on any atom is -0.385 e. The lowest BCUT2D eigenvalue weighted by Crippen LogP contribution is -2.33. The Balaban J connectivity index is 1.31. The minimum atomic E-state index is -0.611. The molecule has 2 fully saturated rings. The molecule has 0 aliphatic heterocycles. The number of nitrogens with zero attached hydrogens (tertiary/aromatic N) is 1. The van der Waals surface area contributed by atoms with Gasteiger partial charge in [0.2, 0.25) is 0 Å². The maximum absolute atomic E-state index is 10.5. The third kappa shape index (κ3) is 4.79. The number of hydrogen-bond donors (Lipinski definition) is 2. The fourth-order valence-electron chi connectivity index (χ4n) is 4.21. The highest BCUT2D eigenvalue weighted by atomic mass is 16.3. The summed E-state index contributed by atoms with van der Waals surface area (Å²) in [5.41, 5.74) is 4.12. The molecule has 0 bridgehead atoms. The minimum absolute atomic E-state index is 0.604. The Bertz CT molecular complexity index is 1000. The van der Waals surface area contributed by atoms with E-state index < -0.39 is 11.2 Å². The summed E-state index contributed by atoms with van der Waals surface area (Å²) in [4.78, 5) is 4.33. The molecule has 3 nitrogen and oxygen atoms in total. The lowest BCUT2D eigenvalue weighted by Gasteiger charge is -2.37.